The molecule has 2 aromatic carbocycles. The maximum Gasteiger partial charge on any atom is 0.309 e. The molecule has 1 amide bonds. The monoisotopic (exact) mass is 324 g/mol. The molecule has 0 saturated carbocycles. The number of ether oxygens (including phenoxy) is 2. The first-order chi connectivity index (χ1) is 11.7. The summed E-state index contributed by atoms with van der Waals surface area (Å²) in [6.45, 7) is -0.213. The molecular weight excluding hydrogens is 308 g/mol. The number of amides is 1. The average Bonchev–Trinajstić information content (AvgIpc) is 2.61. The van der Waals surface area contributed by atoms with E-state index in [1.165, 1.54) is 6.07 Å². The van der Waals surface area contributed by atoms with Crippen LogP contribution in [-0.4, -0.2) is 25.1 Å². The fraction of sp³-hybridized carbons (Fsp3) is 0.167. The fourth-order valence-corrected chi connectivity index (χ4v) is 1.85. The summed E-state index contributed by atoms with van der Waals surface area (Å²) < 4.78 is 10.2. The van der Waals surface area contributed by atoms with E-state index in [-0.39, 0.29) is 19.6 Å². The van der Waals surface area contributed by atoms with Gasteiger partial charge in [-0.2, -0.15) is 5.26 Å². The predicted octanol–water partition coefficient (Wildman–Crippen LogP) is 2.51. The second-order valence-electron chi connectivity index (χ2n) is 4.81. The van der Waals surface area contributed by atoms with Gasteiger partial charge >= 0.3 is 5.97 Å². The van der Waals surface area contributed by atoms with E-state index in [1.807, 2.05) is 24.3 Å². The number of carbonyl (C=O) groups is 2. The van der Waals surface area contributed by atoms with Crippen LogP contribution in [0, 0.1) is 11.3 Å². The number of carbonyl (C=O) groups excluding carboxylic acids is 2. The first kappa shape index (κ1) is 17.0. The van der Waals surface area contributed by atoms with Gasteiger partial charge in [0.05, 0.1) is 24.7 Å². The van der Waals surface area contributed by atoms with Crippen LogP contribution in [-0.2, 0) is 14.3 Å². The highest BCUT2D eigenvalue weighted by Gasteiger charge is 2.08. The van der Waals surface area contributed by atoms with Crippen molar-refractivity contribution in [1.82, 2.24) is 0 Å². The molecule has 2 aromatic rings. The molecule has 0 bridgehead atoms. The second-order valence-corrected chi connectivity index (χ2v) is 4.81. The minimum atomic E-state index is -0.521. The van der Waals surface area contributed by atoms with Crippen LogP contribution in [0.4, 0.5) is 5.69 Å². The van der Waals surface area contributed by atoms with Crippen molar-refractivity contribution in [3.05, 3.63) is 60.2 Å². The van der Waals surface area contributed by atoms with Gasteiger partial charge in [0.15, 0.2) is 6.61 Å². The van der Waals surface area contributed by atoms with Gasteiger partial charge < -0.3 is 14.8 Å². The molecule has 0 aromatic heterocycles. The second kappa shape index (κ2) is 8.96. The zero-order chi connectivity index (χ0) is 17.2. The Morgan fingerprint density at radius 1 is 1.08 bits per heavy atom. The lowest BCUT2D eigenvalue weighted by atomic mass is 10.2. The number of para-hydroxylation sites is 1. The summed E-state index contributed by atoms with van der Waals surface area (Å²) in [7, 11) is 0. The lowest BCUT2D eigenvalue weighted by molar-refractivity contribution is -0.147. The van der Waals surface area contributed by atoms with E-state index in [1.54, 1.807) is 30.3 Å². The maximum atomic E-state index is 11.7. The minimum Gasteiger partial charge on any atom is -0.493 e. The topological polar surface area (TPSA) is 88.4 Å². The van der Waals surface area contributed by atoms with E-state index in [0.717, 1.165) is 0 Å². The van der Waals surface area contributed by atoms with Crippen molar-refractivity contribution >= 4 is 17.6 Å². The number of nitriles is 1. The summed E-state index contributed by atoms with van der Waals surface area (Å²) in [6.07, 6.45) is 0.0477. The van der Waals surface area contributed by atoms with Crippen molar-refractivity contribution in [1.29, 1.82) is 5.26 Å². The molecule has 0 aliphatic rings. The Morgan fingerprint density at radius 3 is 2.62 bits per heavy atom. The Bertz CT molecular complexity index is 738. The van der Waals surface area contributed by atoms with Gasteiger partial charge in [0.1, 0.15) is 5.75 Å². The van der Waals surface area contributed by atoms with Crippen LogP contribution in [0.2, 0.25) is 0 Å². The molecule has 0 unspecified atom stereocenters. The van der Waals surface area contributed by atoms with Gasteiger partial charge in [-0.25, -0.2) is 0 Å². The number of anilines is 1. The fourth-order valence-electron chi connectivity index (χ4n) is 1.85. The van der Waals surface area contributed by atoms with Crippen LogP contribution in [0.15, 0.2) is 54.6 Å². The molecule has 0 aliphatic carbocycles. The molecular formula is C18H16N2O4. The quantitative estimate of drug-likeness (QED) is 0.791. The van der Waals surface area contributed by atoms with Gasteiger partial charge in [-0.3, -0.25) is 9.59 Å². The van der Waals surface area contributed by atoms with E-state index in [0.29, 0.717) is 17.0 Å². The lowest BCUT2D eigenvalue weighted by Crippen LogP contribution is -2.21. The Labute approximate surface area is 139 Å². The molecule has 0 aliphatic heterocycles. The number of rotatable bonds is 7. The Balaban J connectivity index is 1.67. The van der Waals surface area contributed by atoms with Gasteiger partial charge in [-0.1, -0.05) is 24.3 Å². The Hall–Kier alpha value is -3.33. The molecule has 122 valence electrons. The molecule has 0 spiro atoms. The SMILES string of the molecule is N#Cc1cccc(NC(=O)COC(=O)CCOc2ccccc2)c1. The highest BCUT2D eigenvalue weighted by molar-refractivity contribution is 5.92. The number of hydrogen-bond acceptors (Lipinski definition) is 5. The number of nitrogens with zero attached hydrogens (tertiary/aromatic N) is 1. The normalized spacial score (nSPS) is 9.62. The molecule has 0 saturated heterocycles. The van der Waals surface area contributed by atoms with Gasteiger partial charge in [0, 0.05) is 5.69 Å². The van der Waals surface area contributed by atoms with Crippen LogP contribution in [0.25, 0.3) is 0 Å². The summed E-state index contributed by atoms with van der Waals surface area (Å²) in [6, 6.07) is 17.5. The van der Waals surface area contributed by atoms with Gasteiger partial charge in [-0.15, -0.1) is 0 Å². The first-order valence-corrected chi connectivity index (χ1v) is 7.31. The highest BCUT2D eigenvalue weighted by Crippen LogP contribution is 2.10. The van der Waals surface area contributed by atoms with Crippen molar-refractivity contribution in [2.75, 3.05) is 18.5 Å². The molecule has 0 radical (unpaired) electrons. The smallest absolute Gasteiger partial charge is 0.309 e. The number of hydrogen-bond donors (Lipinski definition) is 1. The highest BCUT2D eigenvalue weighted by atomic mass is 16.5. The van der Waals surface area contributed by atoms with Crippen LogP contribution in [0.1, 0.15) is 12.0 Å². The van der Waals surface area contributed by atoms with E-state index in [2.05, 4.69) is 5.32 Å². The molecule has 6 heteroatoms. The van der Waals surface area contributed by atoms with Crippen LogP contribution in [0.5, 0.6) is 5.75 Å². The first-order valence-electron chi connectivity index (χ1n) is 7.31. The summed E-state index contributed by atoms with van der Waals surface area (Å²) in [5.74, 6) is -0.324. The zero-order valence-corrected chi connectivity index (χ0v) is 12.9. The Kier molecular flexibility index (Phi) is 6.35. The zero-order valence-electron chi connectivity index (χ0n) is 12.9. The number of benzene rings is 2. The van der Waals surface area contributed by atoms with Crippen LogP contribution in [0.3, 0.4) is 0 Å². The molecule has 1 N–H and O–H groups in total. The third kappa shape index (κ3) is 5.81. The van der Waals surface area contributed by atoms with Gasteiger partial charge in [0.25, 0.3) is 5.91 Å². The number of esters is 1. The van der Waals surface area contributed by atoms with Crippen molar-refractivity contribution in [3.8, 4) is 11.8 Å². The third-order valence-corrected chi connectivity index (χ3v) is 2.96. The van der Waals surface area contributed by atoms with Crippen molar-refractivity contribution < 1.29 is 19.1 Å². The van der Waals surface area contributed by atoms with Crippen LogP contribution < -0.4 is 10.1 Å². The van der Waals surface area contributed by atoms with Crippen molar-refractivity contribution in [2.24, 2.45) is 0 Å². The standard InChI is InChI=1S/C18H16N2O4/c19-12-14-5-4-6-15(11-14)20-17(21)13-24-18(22)9-10-23-16-7-2-1-3-8-16/h1-8,11H,9-10,13H2,(H,20,21). The summed E-state index contributed by atoms with van der Waals surface area (Å²) in [5.41, 5.74) is 0.908. The molecule has 0 atom stereocenters. The van der Waals surface area contributed by atoms with Gasteiger partial charge in [0.2, 0.25) is 0 Å². The molecule has 6 nitrogen and oxygen atoms in total. The molecule has 2 rings (SSSR count). The summed E-state index contributed by atoms with van der Waals surface area (Å²) in [5, 5.41) is 11.3. The van der Waals surface area contributed by atoms with E-state index >= 15 is 0 Å². The van der Waals surface area contributed by atoms with E-state index in [4.69, 9.17) is 14.7 Å². The molecule has 0 heterocycles. The molecule has 24 heavy (non-hydrogen) atoms. The van der Waals surface area contributed by atoms with Crippen LogP contribution >= 0.6 is 0 Å². The lowest BCUT2D eigenvalue weighted by Gasteiger charge is -2.08. The maximum absolute atomic E-state index is 11.7. The number of nitrogens with one attached hydrogen (secondary N) is 1. The average molecular weight is 324 g/mol. The van der Waals surface area contributed by atoms with E-state index in [9.17, 15) is 9.59 Å². The third-order valence-electron chi connectivity index (χ3n) is 2.96. The summed E-state index contributed by atoms with van der Waals surface area (Å²) >= 11 is 0. The van der Waals surface area contributed by atoms with Gasteiger partial charge in [-0.05, 0) is 30.3 Å². The van der Waals surface area contributed by atoms with E-state index < -0.39 is 11.9 Å². The van der Waals surface area contributed by atoms with Crippen molar-refractivity contribution in [2.45, 2.75) is 6.42 Å². The summed E-state index contributed by atoms with van der Waals surface area (Å²) in [4.78, 5) is 23.3. The molecule has 0 fully saturated rings. The predicted molar refractivity (Wildman–Crippen MR) is 87.3 cm³/mol. The largest absolute Gasteiger partial charge is 0.493 e. The minimum absolute atomic E-state index is 0.0477. The van der Waals surface area contributed by atoms with Crippen molar-refractivity contribution in [3.63, 3.8) is 0 Å². The Morgan fingerprint density at radius 2 is 1.88 bits per heavy atom.